The minimum absolute atomic E-state index is 0.123. The van der Waals surface area contributed by atoms with Gasteiger partial charge in [-0.1, -0.05) is 42.7 Å². The Hall–Kier alpha value is -2.03. The summed E-state index contributed by atoms with van der Waals surface area (Å²) >= 11 is 8.11. The summed E-state index contributed by atoms with van der Waals surface area (Å²) in [6.45, 7) is 8.39. The van der Waals surface area contributed by atoms with Gasteiger partial charge in [0.1, 0.15) is 6.04 Å². The Bertz CT molecular complexity index is 1050. The SMILES string of the molecule is C=CCN(C(=O)C1N(CCCCCCO)C(=O)[C@@H]2[C@@H](C(=O)O)[C@@]3(C)CCC12S3)c1c(C)cccc1Cl. The number of aliphatic carboxylic acids is 1. The number of carboxylic acids is 1. The smallest absolute Gasteiger partial charge is 0.308 e. The minimum atomic E-state index is -0.967. The first-order valence-corrected chi connectivity index (χ1v) is 13.8. The Labute approximate surface area is 221 Å². The number of aliphatic hydroxyl groups is 1. The lowest BCUT2D eigenvalue weighted by Crippen LogP contribution is -2.55. The molecule has 0 radical (unpaired) electrons. The van der Waals surface area contributed by atoms with Gasteiger partial charge in [-0.3, -0.25) is 14.4 Å². The molecule has 2 unspecified atom stereocenters. The predicted molar refractivity (Wildman–Crippen MR) is 142 cm³/mol. The van der Waals surface area contributed by atoms with E-state index in [0.717, 1.165) is 18.4 Å². The Morgan fingerprint density at radius 1 is 1.28 bits per heavy atom. The van der Waals surface area contributed by atoms with Crippen LogP contribution in [0.15, 0.2) is 30.9 Å². The summed E-state index contributed by atoms with van der Waals surface area (Å²) in [4.78, 5) is 44.1. The van der Waals surface area contributed by atoms with Crippen LogP contribution in [-0.4, -0.2) is 68.1 Å². The van der Waals surface area contributed by atoms with Gasteiger partial charge in [0.25, 0.3) is 5.91 Å². The van der Waals surface area contributed by atoms with Crippen molar-refractivity contribution in [3.05, 3.63) is 41.4 Å². The van der Waals surface area contributed by atoms with E-state index in [1.54, 1.807) is 21.9 Å². The highest BCUT2D eigenvalue weighted by molar-refractivity contribution is 8.02. The quantitative estimate of drug-likeness (QED) is 0.325. The van der Waals surface area contributed by atoms with Crippen molar-refractivity contribution in [2.45, 2.75) is 67.9 Å². The van der Waals surface area contributed by atoms with Crippen LogP contribution in [0.1, 0.15) is 51.0 Å². The molecule has 4 rings (SSSR count). The fourth-order valence-electron chi connectivity index (χ4n) is 6.60. The monoisotopic (exact) mass is 534 g/mol. The summed E-state index contributed by atoms with van der Waals surface area (Å²) in [5.41, 5.74) is 1.43. The third-order valence-electron chi connectivity index (χ3n) is 8.12. The van der Waals surface area contributed by atoms with E-state index in [1.165, 1.54) is 11.8 Å². The number of aliphatic hydroxyl groups excluding tert-OH is 1. The Morgan fingerprint density at radius 3 is 2.64 bits per heavy atom. The molecule has 3 saturated heterocycles. The van der Waals surface area contributed by atoms with Crippen molar-refractivity contribution in [3.8, 4) is 0 Å². The van der Waals surface area contributed by atoms with E-state index in [-0.39, 0.29) is 25.0 Å². The maximum atomic E-state index is 14.5. The number of halogens is 1. The molecule has 5 atom stereocenters. The van der Waals surface area contributed by atoms with E-state index in [1.807, 2.05) is 26.0 Å². The number of carbonyl (C=O) groups excluding carboxylic acids is 2. The predicted octanol–water partition coefficient (Wildman–Crippen LogP) is 4.29. The normalized spacial score (nSPS) is 30.5. The summed E-state index contributed by atoms with van der Waals surface area (Å²) < 4.78 is -1.37. The van der Waals surface area contributed by atoms with Gasteiger partial charge in [0, 0.05) is 24.4 Å². The maximum Gasteiger partial charge on any atom is 0.308 e. The summed E-state index contributed by atoms with van der Waals surface area (Å²) in [6.07, 6.45) is 5.94. The summed E-state index contributed by atoms with van der Waals surface area (Å²) in [5, 5.41) is 19.7. The zero-order valence-corrected chi connectivity index (χ0v) is 22.5. The molecule has 7 nitrogen and oxygen atoms in total. The molecule has 196 valence electrons. The van der Waals surface area contributed by atoms with Gasteiger partial charge in [0.15, 0.2) is 0 Å². The van der Waals surface area contributed by atoms with Crippen molar-refractivity contribution < 1.29 is 24.6 Å². The molecule has 2 N–H and O–H groups in total. The Kier molecular flexibility index (Phi) is 7.79. The number of unbranched alkanes of at least 4 members (excludes halogenated alkanes) is 3. The van der Waals surface area contributed by atoms with Crippen molar-refractivity contribution in [2.24, 2.45) is 11.8 Å². The first-order valence-electron chi connectivity index (χ1n) is 12.6. The third kappa shape index (κ3) is 4.25. The van der Waals surface area contributed by atoms with Crippen molar-refractivity contribution in [3.63, 3.8) is 0 Å². The molecule has 3 fully saturated rings. The molecule has 2 amide bonds. The highest BCUT2D eigenvalue weighted by atomic mass is 35.5. The van der Waals surface area contributed by atoms with Gasteiger partial charge >= 0.3 is 5.97 Å². The number of anilines is 1. The third-order valence-corrected chi connectivity index (χ3v) is 10.4. The van der Waals surface area contributed by atoms with Crippen LogP contribution in [0.4, 0.5) is 5.69 Å². The lowest BCUT2D eigenvalue weighted by molar-refractivity contribution is -0.150. The minimum Gasteiger partial charge on any atom is -0.481 e. The number of nitrogens with zero attached hydrogens (tertiary/aromatic N) is 2. The number of carbonyl (C=O) groups is 3. The second-order valence-electron chi connectivity index (χ2n) is 10.4. The fourth-order valence-corrected chi connectivity index (χ4v) is 9.27. The number of rotatable bonds is 11. The van der Waals surface area contributed by atoms with Crippen LogP contribution in [0, 0.1) is 18.8 Å². The topological polar surface area (TPSA) is 98.2 Å². The molecule has 3 heterocycles. The van der Waals surface area contributed by atoms with Gasteiger partial charge in [-0.05, 0) is 51.2 Å². The number of fused-ring (bicyclic) bond motifs is 1. The van der Waals surface area contributed by atoms with Gasteiger partial charge in [-0.2, -0.15) is 0 Å². The molecular weight excluding hydrogens is 500 g/mol. The number of carboxylic acid groups (broad SMARTS) is 1. The standard InChI is InChI=1S/C27H35ClN2O5S/c1-4-14-29(21-17(2)10-9-11-18(21)28)24(33)22-27-13-12-26(3,36-27)20(25(34)35)19(27)23(32)30(22)15-7-5-6-8-16-31/h4,9-11,19-20,22,31H,1,5-8,12-16H2,2-3H3,(H,34,35)/t19-,20-,22?,26+,27?/m0/s1. The molecule has 1 aromatic carbocycles. The van der Waals surface area contributed by atoms with Crippen LogP contribution in [0.2, 0.25) is 5.02 Å². The van der Waals surface area contributed by atoms with E-state index in [0.29, 0.717) is 42.9 Å². The highest BCUT2D eigenvalue weighted by Crippen LogP contribution is 2.71. The average Bonchev–Trinajstić information content (AvgIpc) is 3.38. The molecule has 1 spiro atoms. The molecule has 1 aromatic rings. The molecule has 3 aliphatic rings. The van der Waals surface area contributed by atoms with Crippen molar-refractivity contribution in [1.82, 2.24) is 4.90 Å². The summed E-state index contributed by atoms with van der Waals surface area (Å²) in [6, 6.07) is 4.68. The van der Waals surface area contributed by atoms with E-state index in [4.69, 9.17) is 16.7 Å². The molecule has 2 bridgehead atoms. The molecule has 36 heavy (non-hydrogen) atoms. The first-order chi connectivity index (χ1) is 17.1. The van der Waals surface area contributed by atoms with Crippen LogP contribution in [0.25, 0.3) is 0 Å². The number of hydrogen-bond acceptors (Lipinski definition) is 5. The maximum absolute atomic E-state index is 14.5. The zero-order chi connectivity index (χ0) is 26.3. The number of thioether (sulfide) groups is 1. The van der Waals surface area contributed by atoms with Crippen LogP contribution in [0.5, 0.6) is 0 Å². The number of para-hydroxylation sites is 1. The van der Waals surface area contributed by atoms with E-state index in [9.17, 15) is 19.5 Å². The van der Waals surface area contributed by atoms with Crippen LogP contribution < -0.4 is 4.90 Å². The lowest BCUT2D eigenvalue weighted by atomic mass is 9.66. The summed E-state index contributed by atoms with van der Waals surface area (Å²) in [5.74, 6) is -2.99. The van der Waals surface area contributed by atoms with Crippen molar-refractivity contribution >= 4 is 46.8 Å². The van der Waals surface area contributed by atoms with Crippen LogP contribution in [0.3, 0.4) is 0 Å². The van der Waals surface area contributed by atoms with Crippen LogP contribution >= 0.6 is 23.4 Å². The number of likely N-dealkylation sites (tertiary alicyclic amines) is 1. The highest BCUT2D eigenvalue weighted by Gasteiger charge is 2.77. The van der Waals surface area contributed by atoms with Gasteiger partial charge in [-0.15, -0.1) is 18.3 Å². The van der Waals surface area contributed by atoms with Gasteiger partial charge in [-0.25, -0.2) is 0 Å². The molecule has 9 heteroatoms. The number of benzene rings is 1. The second kappa shape index (κ2) is 10.4. The fraction of sp³-hybridized carbons (Fsp3) is 0.593. The van der Waals surface area contributed by atoms with Crippen LogP contribution in [-0.2, 0) is 14.4 Å². The Morgan fingerprint density at radius 2 is 2.00 bits per heavy atom. The Balaban J connectivity index is 1.76. The van der Waals surface area contributed by atoms with Crippen molar-refractivity contribution in [2.75, 3.05) is 24.6 Å². The number of amides is 2. The van der Waals surface area contributed by atoms with Gasteiger partial charge in [0.2, 0.25) is 5.91 Å². The molecule has 0 aromatic heterocycles. The van der Waals surface area contributed by atoms with Gasteiger partial charge in [0.05, 0.1) is 27.3 Å². The average molecular weight is 535 g/mol. The van der Waals surface area contributed by atoms with E-state index < -0.39 is 33.3 Å². The number of hydrogen-bond donors (Lipinski definition) is 2. The molecular formula is C27H35ClN2O5S. The zero-order valence-electron chi connectivity index (χ0n) is 20.9. The van der Waals surface area contributed by atoms with E-state index >= 15 is 0 Å². The largest absolute Gasteiger partial charge is 0.481 e. The molecule has 0 saturated carbocycles. The molecule has 0 aliphatic carbocycles. The number of aryl methyl sites for hydroxylation is 1. The first kappa shape index (κ1) is 27.0. The second-order valence-corrected chi connectivity index (χ2v) is 12.7. The lowest BCUT2D eigenvalue weighted by Gasteiger charge is -2.37. The van der Waals surface area contributed by atoms with Crippen molar-refractivity contribution in [1.29, 1.82) is 0 Å². The molecule has 3 aliphatic heterocycles. The van der Waals surface area contributed by atoms with Gasteiger partial charge < -0.3 is 20.0 Å². The summed E-state index contributed by atoms with van der Waals surface area (Å²) in [7, 11) is 0. The van der Waals surface area contributed by atoms with E-state index in [2.05, 4.69) is 6.58 Å².